The lowest BCUT2D eigenvalue weighted by molar-refractivity contribution is 0.0697. The van der Waals surface area contributed by atoms with Gasteiger partial charge in [0.05, 0.1) is 11.1 Å². The fraction of sp³-hybridized carbons (Fsp3) is 0. The monoisotopic (exact) mass is 350 g/mol. The van der Waals surface area contributed by atoms with Gasteiger partial charge in [0.25, 0.3) is 5.89 Å². The van der Waals surface area contributed by atoms with E-state index >= 15 is 0 Å². The summed E-state index contributed by atoms with van der Waals surface area (Å²) < 4.78 is 6.45. The smallest absolute Gasteiger partial charge is 0.336 e. The highest BCUT2D eigenvalue weighted by molar-refractivity contribution is 9.10. The van der Waals surface area contributed by atoms with Gasteiger partial charge >= 0.3 is 5.97 Å². The molecule has 3 rings (SSSR count). The van der Waals surface area contributed by atoms with Gasteiger partial charge in [-0.3, -0.25) is 0 Å². The van der Waals surface area contributed by atoms with Crippen LogP contribution in [0.4, 0.5) is 0 Å². The summed E-state index contributed by atoms with van der Waals surface area (Å²) in [5.41, 5.74) is 0.541. The number of benzene rings is 1. The largest absolute Gasteiger partial charge is 0.478 e. The van der Waals surface area contributed by atoms with Gasteiger partial charge in [-0.1, -0.05) is 12.1 Å². The zero-order valence-electron chi connectivity index (χ0n) is 9.91. The minimum Gasteiger partial charge on any atom is -0.478 e. The van der Waals surface area contributed by atoms with Crippen LogP contribution in [0.15, 0.2) is 44.6 Å². The van der Waals surface area contributed by atoms with Crippen LogP contribution in [-0.2, 0) is 0 Å². The van der Waals surface area contributed by atoms with Crippen molar-refractivity contribution in [2.24, 2.45) is 0 Å². The molecule has 0 aliphatic carbocycles. The number of halogens is 1. The Morgan fingerprint density at radius 2 is 1.95 bits per heavy atom. The topological polar surface area (TPSA) is 76.2 Å². The molecule has 0 saturated carbocycles. The first-order chi connectivity index (χ1) is 9.66. The number of hydrogen-bond donors (Lipinski definition) is 1. The van der Waals surface area contributed by atoms with Crippen molar-refractivity contribution in [2.45, 2.75) is 0 Å². The van der Waals surface area contributed by atoms with Crippen LogP contribution in [0.5, 0.6) is 0 Å². The fourth-order valence-electron chi connectivity index (χ4n) is 1.73. The molecule has 0 aliphatic rings. The van der Waals surface area contributed by atoms with Crippen molar-refractivity contribution in [3.05, 3.63) is 45.7 Å². The molecule has 0 spiro atoms. The van der Waals surface area contributed by atoms with Gasteiger partial charge in [-0.2, -0.15) is 0 Å². The Kier molecular flexibility index (Phi) is 3.37. The Morgan fingerprint density at radius 3 is 2.65 bits per heavy atom. The van der Waals surface area contributed by atoms with E-state index in [-0.39, 0.29) is 11.5 Å². The van der Waals surface area contributed by atoms with E-state index in [0.717, 1.165) is 9.35 Å². The quantitative estimate of drug-likeness (QED) is 0.774. The summed E-state index contributed by atoms with van der Waals surface area (Å²) in [6.07, 6.45) is 0. The average Bonchev–Trinajstić information content (AvgIpc) is 3.07. The number of aromatic nitrogens is 2. The van der Waals surface area contributed by atoms with Gasteiger partial charge in [0.2, 0.25) is 5.89 Å². The molecule has 0 saturated heterocycles. The Morgan fingerprint density at radius 1 is 1.20 bits per heavy atom. The van der Waals surface area contributed by atoms with Gasteiger partial charge < -0.3 is 9.52 Å². The van der Waals surface area contributed by atoms with Gasteiger partial charge in [-0.15, -0.1) is 21.5 Å². The molecule has 5 nitrogen and oxygen atoms in total. The molecule has 100 valence electrons. The van der Waals surface area contributed by atoms with Crippen LogP contribution in [0.2, 0.25) is 0 Å². The molecule has 0 radical (unpaired) electrons. The summed E-state index contributed by atoms with van der Waals surface area (Å²) >= 11 is 4.86. The van der Waals surface area contributed by atoms with Crippen LogP contribution in [0.25, 0.3) is 22.2 Å². The van der Waals surface area contributed by atoms with Gasteiger partial charge in [0.15, 0.2) is 0 Å². The number of thiophene rings is 1. The lowest BCUT2D eigenvalue weighted by Gasteiger charge is -1.99. The lowest BCUT2D eigenvalue weighted by atomic mass is 10.1. The van der Waals surface area contributed by atoms with Crippen LogP contribution >= 0.6 is 27.3 Å². The first kappa shape index (κ1) is 13.0. The lowest BCUT2D eigenvalue weighted by Crippen LogP contribution is -1.98. The predicted octanol–water partition coefficient (Wildman–Crippen LogP) is 3.93. The molecule has 0 bridgehead atoms. The van der Waals surface area contributed by atoms with E-state index in [4.69, 9.17) is 9.52 Å². The predicted molar refractivity (Wildman–Crippen MR) is 77.7 cm³/mol. The Labute approximate surface area is 126 Å². The second kappa shape index (κ2) is 5.18. The molecule has 0 fully saturated rings. The zero-order valence-corrected chi connectivity index (χ0v) is 12.3. The third kappa shape index (κ3) is 2.25. The SMILES string of the molecule is O=C(O)c1ccccc1-c1nnc(-c2sccc2Br)o1. The molecule has 7 heteroatoms. The average molecular weight is 351 g/mol. The third-order valence-corrected chi connectivity index (χ3v) is 4.45. The number of carboxylic acids is 1. The number of carboxylic acid groups (broad SMARTS) is 1. The van der Waals surface area contributed by atoms with Crippen LogP contribution in [-0.4, -0.2) is 21.3 Å². The van der Waals surface area contributed by atoms with E-state index in [1.807, 2.05) is 11.4 Å². The van der Waals surface area contributed by atoms with E-state index in [1.165, 1.54) is 17.4 Å². The Balaban J connectivity index is 2.07. The summed E-state index contributed by atoms with van der Waals surface area (Å²) in [5, 5.41) is 19.0. The fourth-order valence-corrected chi connectivity index (χ4v) is 3.19. The maximum Gasteiger partial charge on any atom is 0.336 e. The molecule has 1 N–H and O–H groups in total. The first-order valence-electron chi connectivity index (χ1n) is 5.56. The molecular formula is C13H7BrN2O3S. The third-order valence-electron chi connectivity index (χ3n) is 2.62. The van der Waals surface area contributed by atoms with E-state index < -0.39 is 5.97 Å². The van der Waals surface area contributed by atoms with Crippen molar-refractivity contribution in [1.29, 1.82) is 0 Å². The number of aromatic carboxylic acids is 1. The minimum atomic E-state index is -1.03. The van der Waals surface area contributed by atoms with Crippen molar-refractivity contribution in [1.82, 2.24) is 10.2 Å². The molecule has 20 heavy (non-hydrogen) atoms. The standard InChI is InChI=1S/C13H7BrN2O3S/c14-9-5-6-20-10(9)12-16-15-11(19-12)7-3-1-2-4-8(7)13(17)18/h1-6H,(H,17,18). The number of nitrogens with zero attached hydrogens (tertiary/aromatic N) is 2. The second-order valence-corrected chi connectivity index (χ2v) is 5.63. The summed E-state index contributed by atoms with van der Waals surface area (Å²) in [5.74, 6) is -0.474. The van der Waals surface area contributed by atoms with Crippen molar-refractivity contribution in [2.75, 3.05) is 0 Å². The van der Waals surface area contributed by atoms with Crippen molar-refractivity contribution >= 4 is 33.2 Å². The summed E-state index contributed by atoms with van der Waals surface area (Å²) in [6.45, 7) is 0. The normalized spacial score (nSPS) is 10.7. The molecular weight excluding hydrogens is 344 g/mol. The summed E-state index contributed by atoms with van der Waals surface area (Å²) in [7, 11) is 0. The highest BCUT2D eigenvalue weighted by atomic mass is 79.9. The molecule has 3 aromatic rings. The van der Waals surface area contributed by atoms with Crippen LogP contribution < -0.4 is 0 Å². The molecule has 0 atom stereocenters. The van der Waals surface area contributed by atoms with E-state index in [1.54, 1.807) is 18.2 Å². The molecule has 2 heterocycles. The molecule has 1 aromatic carbocycles. The Bertz CT molecular complexity index is 781. The minimum absolute atomic E-state index is 0.132. The van der Waals surface area contributed by atoms with Crippen LogP contribution in [0, 0.1) is 0 Å². The summed E-state index contributed by atoms with van der Waals surface area (Å²) in [4.78, 5) is 12.0. The van der Waals surface area contributed by atoms with Gasteiger partial charge in [-0.25, -0.2) is 4.79 Å². The maximum atomic E-state index is 11.2. The zero-order chi connectivity index (χ0) is 14.1. The van der Waals surface area contributed by atoms with E-state index in [9.17, 15) is 4.79 Å². The van der Waals surface area contributed by atoms with Crippen LogP contribution in [0.3, 0.4) is 0 Å². The maximum absolute atomic E-state index is 11.2. The van der Waals surface area contributed by atoms with E-state index in [2.05, 4.69) is 26.1 Å². The van der Waals surface area contributed by atoms with E-state index in [0.29, 0.717) is 11.5 Å². The number of rotatable bonds is 3. The van der Waals surface area contributed by atoms with Crippen LogP contribution in [0.1, 0.15) is 10.4 Å². The first-order valence-corrected chi connectivity index (χ1v) is 7.23. The molecule has 0 amide bonds. The highest BCUT2D eigenvalue weighted by Crippen LogP contribution is 2.34. The van der Waals surface area contributed by atoms with Crippen molar-refractivity contribution in [3.63, 3.8) is 0 Å². The number of hydrogen-bond acceptors (Lipinski definition) is 5. The van der Waals surface area contributed by atoms with Crippen molar-refractivity contribution in [3.8, 4) is 22.2 Å². The molecule has 2 aromatic heterocycles. The highest BCUT2D eigenvalue weighted by Gasteiger charge is 2.18. The Hall–Kier alpha value is -1.99. The van der Waals surface area contributed by atoms with Gasteiger partial charge in [0.1, 0.15) is 4.88 Å². The molecule has 0 aliphatic heterocycles. The summed E-state index contributed by atoms with van der Waals surface area (Å²) in [6, 6.07) is 8.41. The van der Waals surface area contributed by atoms with Gasteiger partial charge in [-0.05, 0) is 39.5 Å². The molecule has 0 unspecified atom stereocenters. The van der Waals surface area contributed by atoms with Crippen molar-refractivity contribution < 1.29 is 14.3 Å². The second-order valence-electron chi connectivity index (χ2n) is 3.86. The number of carbonyl (C=O) groups is 1. The van der Waals surface area contributed by atoms with Gasteiger partial charge in [0, 0.05) is 4.47 Å².